The molecule has 182 valence electrons. The molecule has 0 aliphatic heterocycles. The number of rotatable bonds is 9. The van der Waals surface area contributed by atoms with Gasteiger partial charge < -0.3 is 20.1 Å². The average Bonchev–Trinajstić information content (AvgIpc) is 2.82. The second kappa shape index (κ2) is 12.4. The zero-order valence-electron chi connectivity index (χ0n) is 19.2. The van der Waals surface area contributed by atoms with E-state index in [1.54, 1.807) is 42.5 Å². The summed E-state index contributed by atoms with van der Waals surface area (Å²) in [6.45, 7) is 3.58. The van der Waals surface area contributed by atoms with E-state index in [1.807, 2.05) is 32.0 Å². The number of carbonyl (C=O) groups excluding carboxylic acids is 3. The predicted octanol–water partition coefficient (Wildman–Crippen LogP) is 6.41. The average molecular weight is 560 g/mol. The summed E-state index contributed by atoms with van der Waals surface area (Å²) in [5, 5.41) is 5.62. The molecule has 0 aliphatic carbocycles. The zero-order chi connectivity index (χ0) is 25.4. The van der Waals surface area contributed by atoms with Crippen molar-refractivity contribution in [2.75, 3.05) is 17.2 Å². The first kappa shape index (κ1) is 26.2. The van der Waals surface area contributed by atoms with Crippen LogP contribution in [0.4, 0.5) is 11.4 Å². The second-order valence-electron chi connectivity index (χ2n) is 7.75. The first-order chi connectivity index (χ1) is 16.7. The number of hydrogen-bond donors (Lipinski definition) is 2. The van der Waals surface area contributed by atoms with Crippen LogP contribution in [0.3, 0.4) is 0 Å². The van der Waals surface area contributed by atoms with Gasteiger partial charge in [-0.2, -0.15) is 0 Å². The van der Waals surface area contributed by atoms with Crippen LogP contribution in [-0.2, 0) is 19.1 Å². The van der Waals surface area contributed by atoms with Crippen molar-refractivity contribution >= 4 is 56.7 Å². The molecule has 0 saturated carbocycles. The number of carbonyl (C=O) groups is 3. The van der Waals surface area contributed by atoms with Gasteiger partial charge in [0.25, 0.3) is 5.91 Å². The number of esters is 1. The van der Waals surface area contributed by atoms with Crippen molar-refractivity contribution < 1.29 is 23.9 Å². The van der Waals surface area contributed by atoms with E-state index in [9.17, 15) is 14.4 Å². The normalized spacial score (nSPS) is 10.4. The van der Waals surface area contributed by atoms with E-state index >= 15 is 0 Å². The van der Waals surface area contributed by atoms with E-state index < -0.39 is 18.5 Å². The molecule has 0 heterocycles. The van der Waals surface area contributed by atoms with Gasteiger partial charge in [0.05, 0.1) is 17.1 Å². The molecule has 0 aliphatic rings. The van der Waals surface area contributed by atoms with Crippen LogP contribution in [0.25, 0.3) is 0 Å². The summed E-state index contributed by atoms with van der Waals surface area (Å²) in [6.07, 6.45) is -0.244. The van der Waals surface area contributed by atoms with Gasteiger partial charge in [0, 0.05) is 16.6 Å². The van der Waals surface area contributed by atoms with E-state index in [-0.39, 0.29) is 18.7 Å². The Morgan fingerprint density at radius 2 is 1.54 bits per heavy atom. The number of aryl methyl sites for hydroxylation is 2. The van der Waals surface area contributed by atoms with Crippen molar-refractivity contribution in [2.24, 2.45) is 0 Å². The lowest BCUT2D eigenvalue weighted by Crippen LogP contribution is -2.22. The van der Waals surface area contributed by atoms with Gasteiger partial charge >= 0.3 is 5.97 Å². The van der Waals surface area contributed by atoms with Gasteiger partial charge in [-0.3, -0.25) is 14.4 Å². The van der Waals surface area contributed by atoms with Crippen LogP contribution in [0, 0.1) is 13.8 Å². The number of nitrogens with one attached hydrogen (secondary N) is 2. The number of amides is 2. The molecule has 0 saturated heterocycles. The molecule has 9 heteroatoms. The maximum atomic E-state index is 12.2. The van der Waals surface area contributed by atoms with Gasteiger partial charge in [0.1, 0.15) is 11.5 Å². The highest BCUT2D eigenvalue weighted by Gasteiger charge is 2.12. The lowest BCUT2D eigenvalue weighted by Gasteiger charge is -2.10. The van der Waals surface area contributed by atoms with E-state index in [2.05, 4.69) is 26.6 Å². The Bertz CT molecular complexity index is 1230. The third-order valence-electron chi connectivity index (χ3n) is 4.98. The Morgan fingerprint density at radius 1 is 0.829 bits per heavy atom. The van der Waals surface area contributed by atoms with Gasteiger partial charge in [-0.05, 0) is 79.6 Å². The Labute approximate surface area is 216 Å². The summed E-state index contributed by atoms with van der Waals surface area (Å²) in [4.78, 5) is 36.0. The minimum atomic E-state index is -0.658. The first-order valence-corrected chi connectivity index (χ1v) is 11.9. The summed E-state index contributed by atoms with van der Waals surface area (Å²) in [5.41, 5.74) is 3.30. The molecule has 0 fully saturated rings. The first-order valence-electron chi connectivity index (χ1n) is 10.7. The maximum Gasteiger partial charge on any atom is 0.306 e. The minimum Gasteiger partial charge on any atom is -0.457 e. The molecule has 7 nitrogen and oxygen atoms in total. The number of halogens is 2. The molecule has 2 amide bonds. The Morgan fingerprint density at radius 3 is 2.23 bits per heavy atom. The van der Waals surface area contributed by atoms with Crippen LogP contribution in [0.5, 0.6) is 11.5 Å². The fourth-order valence-corrected chi connectivity index (χ4v) is 3.67. The van der Waals surface area contributed by atoms with E-state index in [1.165, 1.54) is 5.56 Å². The van der Waals surface area contributed by atoms with Crippen molar-refractivity contribution in [2.45, 2.75) is 26.7 Å². The summed E-state index contributed by atoms with van der Waals surface area (Å²) >= 11 is 9.32. The fourth-order valence-electron chi connectivity index (χ4n) is 2.95. The lowest BCUT2D eigenvalue weighted by atomic mass is 10.1. The summed E-state index contributed by atoms with van der Waals surface area (Å²) in [7, 11) is 0. The van der Waals surface area contributed by atoms with Crippen molar-refractivity contribution in [3.8, 4) is 11.5 Å². The molecule has 35 heavy (non-hydrogen) atoms. The zero-order valence-corrected chi connectivity index (χ0v) is 21.5. The van der Waals surface area contributed by atoms with Gasteiger partial charge in [0.2, 0.25) is 5.91 Å². The topological polar surface area (TPSA) is 93.7 Å². The minimum absolute atomic E-state index is 0.0834. The maximum absolute atomic E-state index is 12.2. The highest BCUT2D eigenvalue weighted by Crippen LogP contribution is 2.26. The van der Waals surface area contributed by atoms with Crippen LogP contribution < -0.4 is 15.4 Å². The van der Waals surface area contributed by atoms with Crippen LogP contribution >= 0.6 is 27.5 Å². The number of hydrogen-bond acceptors (Lipinski definition) is 5. The monoisotopic (exact) mass is 558 g/mol. The van der Waals surface area contributed by atoms with Crippen LogP contribution in [0.15, 0.2) is 65.1 Å². The van der Waals surface area contributed by atoms with Crippen LogP contribution in [-0.4, -0.2) is 24.4 Å². The molecule has 3 rings (SSSR count). The third-order valence-corrected chi connectivity index (χ3v) is 5.78. The highest BCUT2D eigenvalue weighted by molar-refractivity contribution is 9.10. The van der Waals surface area contributed by atoms with Gasteiger partial charge in [-0.1, -0.05) is 33.6 Å². The molecule has 2 N–H and O–H groups in total. The number of benzene rings is 3. The fraction of sp³-hybridized carbons (Fsp3) is 0.192. The molecular formula is C26H24BrClN2O5. The number of anilines is 2. The van der Waals surface area contributed by atoms with E-state index in [0.717, 1.165) is 15.8 Å². The Hall–Kier alpha value is -3.36. The van der Waals surface area contributed by atoms with Crippen molar-refractivity contribution in [3.05, 3.63) is 81.3 Å². The van der Waals surface area contributed by atoms with Gasteiger partial charge in [-0.25, -0.2) is 0 Å². The van der Waals surface area contributed by atoms with Crippen LogP contribution in [0.1, 0.15) is 24.0 Å². The van der Waals surface area contributed by atoms with Crippen LogP contribution in [0.2, 0.25) is 5.02 Å². The summed E-state index contributed by atoms with van der Waals surface area (Å²) < 4.78 is 11.5. The van der Waals surface area contributed by atoms with E-state index in [0.29, 0.717) is 22.1 Å². The van der Waals surface area contributed by atoms with Gasteiger partial charge in [-0.15, -0.1) is 0 Å². The predicted molar refractivity (Wildman–Crippen MR) is 139 cm³/mol. The standard InChI is InChI=1S/C26H24BrClN2O5/c1-16-3-7-21(13-17(16)2)35-20-8-5-19(6-9-20)29-24(31)11-12-26(33)34-15-25(32)30-23-10-4-18(27)14-22(23)28/h3-10,13-14H,11-12,15H2,1-2H3,(H,29,31)(H,30,32). The number of ether oxygens (including phenoxy) is 2. The molecule has 0 atom stereocenters. The van der Waals surface area contributed by atoms with Crippen molar-refractivity contribution in [1.29, 1.82) is 0 Å². The molecular weight excluding hydrogens is 536 g/mol. The van der Waals surface area contributed by atoms with Crippen molar-refractivity contribution in [1.82, 2.24) is 0 Å². The Kier molecular flexibility index (Phi) is 9.28. The van der Waals surface area contributed by atoms with Crippen molar-refractivity contribution in [3.63, 3.8) is 0 Å². The smallest absolute Gasteiger partial charge is 0.306 e. The SMILES string of the molecule is Cc1ccc(Oc2ccc(NC(=O)CCC(=O)OCC(=O)Nc3ccc(Br)cc3Cl)cc2)cc1C. The lowest BCUT2D eigenvalue weighted by molar-refractivity contribution is -0.147. The molecule has 3 aromatic rings. The van der Waals surface area contributed by atoms with Gasteiger partial charge in [0.15, 0.2) is 6.61 Å². The third kappa shape index (κ3) is 8.42. The Balaban J connectivity index is 1.38. The highest BCUT2D eigenvalue weighted by atomic mass is 79.9. The second-order valence-corrected chi connectivity index (χ2v) is 9.08. The largest absolute Gasteiger partial charge is 0.457 e. The molecule has 3 aromatic carbocycles. The molecule has 0 spiro atoms. The molecule has 0 unspecified atom stereocenters. The molecule has 0 aromatic heterocycles. The molecule has 0 radical (unpaired) electrons. The molecule has 0 bridgehead atoms. The quantitative estimate of drug-likeness (QED) is 0.295. The van der Waals surface area contributed by atoms with E-state index in [4.69, 9.17) is 21.1 Å². The summed E-state index contributed by atoms with van der Waals surface area (Å²) in [6, 6.07) is 17.7. The summed E-state index contributed by atoms with van der Waals surface area (Å²) in [5.74, 6) is -0.171.